The number of nitrogens with zero attached hydrogens (tertiary/aromatic N) is 2. The molecule has 0 unspecified atom stereocenters. The van der Waals surface area contributed by atoms with Crippen molar-refractivity contribution in [3.8, 4) is 0 Å². The molecule has 2 N–H and O–H groups in total. The smallest absolute Gasteiger partial charge is 1.00 e. The Bertz CT molecular complexity index is 81.5. The molecule has 0 rings (SSSR count). The molecule has 10 heteroatoms. The normalized spacial score (nSPS) is 4.80. The minimum Gasteiger partial charge on any atom is -1.00 e. The molecule has 0 atom stereocenters. The van der Waals surface area contributed by atoms with E-state index in [1.54, 1.807) is 0 Å². The minimum atomic E-state index is -1.50. The number of rotatable bonds is 0. The van der Waals surface area contributed by atoms with Crippen molar-refractivity contribution in [1.29, 1.82) is 0 Å². The van der Waals surface area contributed by atoms with E-state index in [4.69, 9.17) is 30.6 Å². The van der Waals surface area contributed by atoms with Gasteiger partial charge in [0, 0.05) is 0 Å². The molecule has 0 aromatic heterocycles. The molecule has 10 heavy (non-hydrogen) atoms. The van der Waals surface area contributed by atoms with Gasteiger partial charge in [-0.05, 0) is 0 Å². The van der Waals surface area contributed by atoms with E-state index < -0.39 is 10.2 Å². The third-order valence-electron chi connectivity index (χ3n) is 0. The van der Waals surface area contributed by atoms with Crippen molar-refractivity contribution in [3.63, 3.8) is 0 Å². The van der Waals surface area contributed by atoms with E-state index in [1.807, 2.05) is 0 Å². The molecule has 0 aliphatic heterocycles. The SMILES string of the molecule is Br.O=[N+]([O-])O.O=[N+]([O-])O.[Ca+2].[H-].[H-]. The van der Waals surface area contributed by atoms with E-state index in [2.05, 4.69) is 0 Å². The fourth-order valence-corrected chi connectivity index (χ4v) is 0. The third-order valence-corrected chi connectivity index (χ3v) is 0. The first-order valence-corrected chi connectivity index (χ1v) is 1.13. The summed E-state index contributed by atoms with van der Waals surface area (Å²) in [6, 6.07) is 0. The Labute approximate surface area is 97.8 Å². The maximum Gasteiger partial charge on any atom is 2.00 e. The van der Waals surface area contributed by atoms with E-state index in [1.165, 1.54) is 0 Å². The molecular formula is H5BrCaN2O6. The third kappa shape index (κ3) is 21200. The first-order valence-electron chi connectivity index (χ1n) is 1.13. The Morgan fingerprint density at radius 2 is 1.10 bits per heavy atom. The van der Waals surface area contributed by atoms with E-state index >= 15 is 0 Å². The molecule has 0 heterocycles. The second kappa shape index (κ2) is 16.1. The molecule has 0 bridgehead atoms. The minimum absolute atomic E-state index is 0. The zero-order chi connectivity index (χ0) is 7.15. The summed E-state index contributed by atoms with van der Waals surface area (Å²) in [5.74, 6) is 0. The fourth-order valence-electron chi connectivity index (χ4n) is 0. The molecule has 0 radical (unpaired) electrons. The predicted molar refractivity (Wildman–Crippen MR) is 35.9 cm³/mol. The summed E-state index contributed by atoms with van der Waals surface area (Å²) in [6.07, 6.45) is 0. The van der Waals surface area contributed by atoms with Crippen LogP contribution in [-0.4, -0.2) is 58.3 Å². The summed E-state index contributed by atoms with van der Waals surface area (Å²) in [5.41, 5.74) is 0. The maximum atomic E-state index is 8.36. The first kappa shape index (κ1) is 22.5. The van der Waals surface area contributed by atoms with Gasteiger partial charge in [0.15, 0.2) is 0 Å². The number of hydrogen-bond acceptors (Lipinski definition) is 4. The molecule has 0 aliphatic rings. The number of hydrogen-bond donors (Lipinski definition) is 2. The van der Waals surface area contributed by atoms with Crippen LogP contribution in [0.1, 0.15) is 2.85 Å². The molecule has 0 spiro atoms. The Hall–Kier alpha value is 0.140. The Balaban J connectivity index is -0.0000000112. The van der Waals surface area contributed by atoms with Crippen LogP contribution in [0.2, 0.25) is 0 Å². The average Bonchev–Trinajstić information content (AvgIpc) is 1.25. The second-order valence-electron chi connectivity index (χ2n) is 0.476. The van der Waals surface area contributed by atoms with E-state index in [9.17, 15) is 0 Å². The first-order chi connectivity index (χ1) is 3.46. The summed E-state index contributed by atoms with van der Waals surface area (Å²) < 4.78 is 0. The van der Waals surface area contributed by atoms with Gasteiger partial charge >= 0.3 is 37.7 Å². The largest absolute Gasteiger partial charge is 2.00 e. The molecule has 0 aliphatic carbocycles. The van der Waals surface area contributed by atoms with Crippen molar-refractivity contribution in [2.75, 3.05) is 0 Å². The Morgan fingerprint density at radius 3 is 1.10 bits per heavy atom. The standard InChI is InChI=1S/BrH.Ca.2HNO3.2H/c;;2*2-1(3)4;;/h1H;;2*(H,2,3,4);;/q;+2;;;2*-1. The van der Waals surface area contributed by atoms with Crippen LogP contribution in [0.25, 0.3) is 0 Å². The molecule has 0 amide bonds. The van der Waals surface area contributed by atoms with Crippen molar-refractivity contribution < 1.29 is 23.4 Å². The second-order valence-corrected chi connectivity index (χ2v) is 0.476. The zero-order valence-electron chi connectivity index (χ0n) is 6.54. The van der Waals surface area contributed by atoms with Crippen LogP contribution in [0.4, 0.5) is 0 Å². The maximum absolute atomic E-state index is 8.36. The van der Waals surface area contributed by atoms with Crippen molar-refractivity contribution in [2.24, 2.45) is 0 Å². The van der Waals surface area contributed by atoms with Crippen molar-refractivity contribution >= 4 is 54.7 Å². The van der Waals surface area contributed by atoms with Gasteiger partial charge < -0.3 is 13.3 Å². The van der Waals surface area contributed by atoms with Crippen LogP contribution in [0, 0.1) is 20.2 Å². The monoisotopic (exact) mass is 248 g/mol. The van der Waals surface area contributed by atoms with Crippen molar-refractivity contribution in [3.05, 3.63) is 20.2 Å². The van der Waals surface area contributed by atoms with Crippen LogP contribution in [0.15, 0.2) is 0 Å². The number of halogens is 1. The topological polar surface area (TPSA) is 127 Å². The molecule has 0 fully saturated rings. The van der Waals surface area contributed by atoms with Crippen LogP contribution in [0.5, 0.6) is 0 Å². The Kier molecular flexibility index (Phi) is 36.1. The Morgan fingerprint density at radius 1 is 1.10 bits per heavy atom. The molecule has 0 aromatic carbocycles. The molecule has 0 aromatic rings. The fraction of sp³-hybridized carbons (Fsp3) is 0. The predicted octanol–water partition coefficient (Wildman–Crippen LogP) is -0.273. The van der Waals surface area contributed by atoms with Gasteiger partial charge in [0.25, 0.3) is 10.2 Å². The summed E-state index contributed by atoms with van der Waals surface area (Å²) in [6.45, 7) is 0. The van der Waals surface area contributed by atoms with Crippen LogP contribution < -0.4 is 0 Å². The van der Waals surface area contributed by atoms with E-state index in [0.29, 0.717) is 0 Å². The van der Waals surface area contributed by atoms with Crippen LogP contribution >= 0.6 is 17.0 Å². The van der Waals surface area contributed by atoms with Gasteiger partial charge in [0.2, 0.25) is 0 Å². The van der Waals surface area contributed by atoms with Crippen molar-refractivity contribution in [1.82, 2.24) is 0 Å². The van der Waals surface area contributed by atoms with Crippen LogP contribution in [0.3, 0.4) is 0 Å². The summed E-state index contributed by atoms with van der Waals surface area (Å²) >= 11 is 0. The van der Waals surface area contributed by atoms with E-state index in [-0.39, 0.29) is 57.6 Å². The van der Waals surface area contributed by atoms with Gasteiger partial charge in [-0.1, -0.05) is 0 Å². The van der Waals surface area contributed by atoms with Gasteiger partial charge in [0.1, 0.15) is 0 Å². The summed E-state index contributed by atoms with van der Waals surface area (Å²) in [4.78, 5) is 16.7. The van der Waals surface area contributed by atoms with Gasteiger partial charge in [-0.2, -0.15) is 0 Å². The molecule has 0 saturated heterocycles. The molecule has 8 nitrogen and oxygen atoms in total. The molecular weight excluding hydrogens is 244 g/mol. The van der Waals surface area contributed by atoms with Gasteiger partial charge in [-0.3, -0.25) is 0 Å². The quantitative estimate of drug-likeness (QED) is 0.345. The molecule has 60 valence electrons. The average molecular weight is 249 g/mol. The van der Waals surface area contributed by atoms with Crippen molar-refractivity contribution in [2.45, 2.75) is 0 Å². The van der Waals surface area contributed by atoms with Gasteiger partial charge in [0.05, 0.1) is 0 Å². The summed E-state index contributed by atoms with van der Waals surface area (Å²) in [7, 11) is 0. The summed E-state index contributed by atoms with van der Waals surface area (Å²) in [5, 5.41) is 27.3. The molecule has 0 saturated carbocycles. The van der Waals surface area contributed by atoms with E-state index in [0.717, 1.165) is 0 Å². The zero-order valence-corrected chi connectivity index (χ0v) is 8.46. The van der Waals surface area contributed by atoms with Gasteiger partial charge in [-0.25, -0.2) is 0 Å². The van der Waals surface area contributed by atoms with Gasteiger partial charge in [-0.15, -0.1) is 37.2 Å². The van der Waals surface area contributed by atoms with Crippen LogP contribution in [-0.2, 0) is 0 Å².